The van der Waals surface area contributed by atoms with Crippen LogP contribution in [0.5, 0.6) is 0 Å². The van der Waals surface area contributed by atoms with Crippen LogP contribution in [0, 0.1) is 17.2 Å². The van der Waals surface area contributed by atoms with Gasteiger partial charge in [0.15, 0.2) is 5.82 Å². The van der Waals surface area contributed by atoms with Crippen LogP contribution in [0.1, 0.15) is 40.0 Å². The molecular weight excluding hydrogens is 502 g/mol. The van der Waals surface area contributed by atoms with E-state index in [1.54, 1.807) is 25.7 Å². The largest absolute Gasteiger partial charge is 0.444 e. The molecule has 2 N–H and O–H groups in total. The Balaban J connectivity index is 1.17. The number of tetrazole rings is 1. The van der Waals surface area contributed by atoms with Gasteiger partial charge in [0, 0.05) is 30.4 Å². The number of nitrogens with zero attached hydrogens (tertiary/aromatic N) is 7. The molecule has 39 heavy (non-hydrogen) atoms. The maximum Gasteiger partial charge on any atom is 0.408 e. The lowest BCUT2D eigenvalue weighted by molar-refractivity contribution is -0.136. The van der Waals surface area contributed by atoms with Crippen LogP contribution >= 0.6 is 0 Å². The van der Waals surface area contributed by atoms with Gasteiger partial charge in [-0.25, -0.2) is 9.89 Å². The van der Waals surface area contributed by atoms with Gasteiger partial charge >= 0.3 is 6.09 Å². The molecule has 1 aliphatic carbocycles. The van der Waals surface area contributed by atoms with Crippen molar-refractivity contribution in [1.82, 2.24) is 35.7 Å². The van der Waals surface area contributed by atoms with Crippen molar-refractivity contribution in [1.29, 1.82) is 5.26 Å². The minimum atomic E-state index is -0.926. The third-order valence-corrected chi connectivity index (χ3v) is 7.95. The Hall–Kier alpha value is -4.05. The molecule has 0 radical (unpaired) electrons. The van der Waals surface area contributed by atoms with Crippen LogP contribution in [0.3, 0.4) is 0 Å². The van der Waals surface area contributed by atoms with Crippen molar-refractivity contribution in [3.63, 3.8) is 0 Å². The lowest BCUT2D eigenvalue weighted by Crippen LogP contribution is -2.59. The predicted molar refractivity (Wildman–Crippen MR) is 137 cm³/mol. The average molecular weight is 534 g/mol. The SMILES string of the molecule is CC(C)(C)OC(=O)N[C@@H](CN1C[C@@H]2C[C@H]1C(=O)N2c1ccc(-c2nnn[nH]2)cc1)C(=O)N1[C@H](C#N)C[C@@H]2C[C@@H]21. The summed E-state index contributed by atoms with van der Waals surface area (Å²) in [7, 11) is 0. The Labute approximate surface area is 225 Å². The van der Waals surface area contributed by atoms with Crippen molar-refractivity contribution in [3.8, 4) is 17.5 Å². The van der Waals surface area contributed by atoms with Crippen molar-refractivity contribution in [3.05, 3.63) is 24.3 Å². The first-order chi connectivity index (χ1) is 18.6. The summed E-state index contributed by atoms with van der Waals surface area (Å²) in [6, 6.07) is 7.89. The van der Waals surface area contributed by atoms with Gasteiger partial charge < -0.3 is 19.9 Å². The van der Waals surface area contributed by atoms with Crippen molar-refractivity contribution < 1.29 is 19.1 Å². The molecule has 3 aliphatic heterocycles. The summed E-state index contributed by atoms with van der Waals surface area (Å²) >= 11 is 0. The molecule has 0 spiro atoms. The number of likely N-dealkylation sites (tertiary alicyclic amines) is 2. The molecule has 13 nitrogen and oxygen atoms in total. The minimum absolute atomic E-state index is 0.0397. The number of fused-ring (bicyclic) bond motifs is 3. The number of hydrogen-bond acceptors (Lipinski definition) is 9. The van der Waals surface area contributed by atoms with E-state index >= 15 is 0 Å². The fourth-order valence-electron chi connectivity index (χ4n) is 6.20. The molecule has 4 aliphatic rings. The number of H-pyrrole nitrogens is 1. The molecule has 1 aromatic carbocycles. The molecule has 4 heterocycles. The average Bonchev–Trinajstić information content (AvgIpc) is 3.32. The van der Waals surface area contributed by atoms with Gasteiger partial charge in [-0.05, 0) is 80.6 Å². The number of carbonyl (C=O) groups is 3. The minimum Gasteiger partial charge on any atom is -0.444 e. The van der Waals surface area contributed by atoms with Gasteiger partial charge in [-0.2, -0.15) is 5.26 Å². The summed E-state index contributed by atoms with van der Waals surface area (Å²) in [5, 5.41) is 26.2. The number of hydrogen-bond donors (Lipinski definition) is 2. The number of aromatic amines is 1. The van der Waals surface area contributed by atoms with Crippen LogP contribution < -0.4 is 10.2 Å². The Morgan fingerprint density at radius 2 is 2.00 bits per heavy atom. The Bertz CT molecular complexity index is 1320. The first-order valence-electron chi connectivity index (χ1n) is 13.3. The predicted octanol–water partition coefficient (Wildman–Crippen LogP) is 1.06. The molecule has 2 aromatic rings. The molecule has 13 heteroatoms. The number of aromatic nitrogens is 4. The van der Waals surface area contributed by atoms with E-state index in [-0.39, 0.29) is 30.4 Å². The number of ether oxygens (including phenoxy) is 1. The zero-order valence-corrected chi connectivity index (χ0v) is 22.1. The quantitative estimate of drug-likeness (QED) is 0.553. The second-order valence-electron chi connectivity index (χ2n) is 11.8. The first kappa shape index (κ1) is 25.2. The lowest BCUT2D eigenvalue weighted by Gasteiger charge is -2.36. The van der Waals surface area contributed by atoms with E-state index in [9.17, 15) is 19.6 Å². The topological polar surface area (TPSA) is 160 Å². The molecule has 1 saturated carbocycles. The summed E-state index contributed by atoms with van der Waals surface area (Å²) in [5.74, 6) is 0.568. The summed E-state index contributed by atoms with van der Waals surface area (Å²) in [5.41, 5.74) is 0.869. The maximum absolute atomic E-state index is 13.7. The number of alkyl carbamates (subject to hydrolysis) is 1. The summed E-state index contributed by atoms with van der Waals surface area (Å²) < 4.78 is 5.44. The zero-order chi connectivity index (χ0) is 27.5. The highest BCUT2D eigenvalue weighted by molar-refractivity contribution is 6.01. The van der Waals surface area contributed by atoms with Gasteiger partial charge in [0.05, 0.1) is 18.2 Å². The van der Waals surface area contributed by atoms with Crippen molar-refractivity contribution in [2.24, 2.45) is 5.92 Å². The van der Waals surface area contributed by atoms with Gasteiger partial charge in [-0.15, -0.1) is 5.10 Å². The van der Waals surface area contributed by atoms with E-state index < -0.39 is 29.8 Å². The van der Waals surface area contributed by atoms with Crippen LogP contribution in [-0.2, 0) is 14.3 Å². The molecule has 3 saturated heterocycles. The summed E-state index contributed by atoms with van der Waals surface area (Å²) in [4.78, 5) is 45.3. The van der Waals surface area contributed by atoms with E-state index in [0.29, 0.717) is 31.1 Å². The smallest absolute Gasteiger partial charge is 0.408 e. The van der Waals surface area contributed by atoms with Crippen LogP contribution in [0.15, 0.2) is 24.3 Å². The number of piperazine rings is 1. The summed E-state index contributed by atoms with van der Waals surface area (Å²) in [6.07, 6.45) is 1.49. The molecule has 0 unspecified atom stereocenters. The normalized spacial score (nSPS) is 28.3. The molecule has 4 fully saturated rings. The number of carbonyl (C=O) groups excluding carboxylic acids is 3. The highest BCUT2D eigenvalue weighted by atomic mass is 16.6. The van der Waals surface area contributed by atoms with Gasteiger partial charge in [0.2, 0.25) is 11.8 Å². The summed E-state index contributed by atoms with van der Waals surface area (Å²) in [6.45, 7) is 6.00. The fraction of sp³-hybridized carbons (Fsp3) is 0.577. The number of amides is 3. The Morgan fingerprint density at radius 3 is 2.64 bits per heavy atom. The van der Waals surface area contributed by atoms with Gasteiger partial charge in [-0.3, -0.25) is 14.5 Å². The lowest BCUT2D eigenvalue weighted by atomic mass is 10.1. The number of piperidine rings is 1. The standard InChI is InChI=1S/C26H31N9O4/c1-26(2,3)39-25(38)28-19(23(36)35-17(11-27)8-15-9-20(15)35)13-33-12-18-10-21(33)24(37)34(18)16-6-4-14(5-7-16)22-29-31-32-30-22/h4-7,15,17-21H,8-10,12-13H2,1-3H3,(H,28,38)(H,29,30,31,32)/t15-,17+,18+,19+,20+,21+/m1/s1. The Kier molecular flexibility index (Phi) is 6.02. The molecule has 6 atom stereocenters. The number of anilines is 1. The molecule has 1 aromatic heterocycles. The maximum atomic E-state index is 13.7. The highest BCUT2D eigenvalue weighted by Crippen LogP contribution is 2.48. The molecule has 2 bridgehead atoms. The van der Waals surface area contributed by atoms with E-state index in [2.05, 4.69) is 32.0 Å². The first-order valence-corrected chi connectivity index (χ1v) is 13.3. The van der Waals surface area contributed by atoms with Crippen molar-refractivity contribution >= 4 is 23.6 Å². The van der Waals surface area contributed by atoms with E-state index in [1.165, 1.54) is 0 Å². The number of nitrogens with one attached hydrogen (secondary N) is 2. The van der Waals surface area contributed by atoms with Gasteiger partial charge in [0.25, 0.3) is 0 Å². The monoisotopic (exact) mass is 533 g/mol. The Morgan fingerprint density at radius 1 is 1.23 bits per heavy atom. The number of benzene rings is 1. The van der Waals surface area contributed by atoms with Gasteiger partial charge in [0.1, 0.15) is 17.7 Å². The van der Waals surface area contributed by atoms with Gasteiger partial charge in [-0.1, -0.05) is 0 Å². The molecule has 3 amide bonds. The second kappa shape index (κ2) is 9.30. The third kappa shape index (κ3) is 4.69. The second-order valence-corrected chi connectivity index (χ2v) is 11.8. The van der Waals surface area contributed by atoms with E-state index in [0.717, 1.165) is 17.7 Å². The van der Waals surface area contributed by atoms with E-state index in [1.807, 2.05) is 34.1 Å². The molecular formula is C26H31N9O4. The third-order valence-electron chi connectivity index (χ3n) is 7.95. The highest BCUT2D eigenvalue weighted by Gasteiger charge is 2.56. The van der Waals surface area contributed by atoms with Crippen LogP contribution in [0.2, 0.25) is 0 Å². The van der Waals surface area contributed by atoms with Crippen LogP contribution in [0.25, 0.3) is 11.4 Å². The zero-order valence-electron chi connectivity index (χ0n) is 22.1. The van der Waals surface area contributed by atoms with Crippen molar-refractivity contribution in [2.45, 2.75) is 75.8 Å². The molecule has 6 rings (SSSR count). The molecule has 204 valence electrons. The number of rotatable bonds is 6. The number of nitriles is 1. The van der Waals surface area contributed by atoms with Crippen molar-refractivity contribution in [2.75, 3.05) is 18.0 Å². The fourth-order valence-corrected chi connectivity index (χ4v) is 6.20. The van der Waals surface area contributed by atoms with E-state index in [4.69, 9.17) is 4.74 Å². The van der Waals surface area contributed by atoms with Crippen LogP contribution in [-0.4, -0.2) is 97.2 Å². The van der Waals surface area contributed by atoms with Crippen LogP contribution in [0.4, 0.5) is 10.5 Å².